The minimum absolute atomic E-state index is 0.00384. The molecule has 10 nitrogen and oxygen atoms in total. The number of hydrogen-bond acceptors (Lipinski definition) is 7. The highest BCUT2D eigenvalue weighted by molar-refractivity contribution is 5.85. The first kappa shape index (κ1) is 23.8. The third-order valence-corrected chi connectivity index (χ3v) is 6.87. The standard InChI is InChI=1S/C26H30N6O4/c1-3-30-22-23(28-25(30)29-13-7-11-19(27)15-29)31(16-21(33)36-2)26(35)32(24(22)34)14-18-10-6-9-17-8-4-5-12-20(17)18/h4-6,8-10,12,19H,3,7,11,13-16,27H2,1-2H3. The van der Waals surface area contributed by atoms with E-state index in [4.69, 9.17) is 15.5 Å². The molecule has 3 heterocycles. The maximum atomic E-state index is 13.9. The molecule has 0 saturated carbocycles. The topological polar surface area (TPSA) is 117 Å². The van der Waals surface area contributed by atoms with Crippen LogP contribution in [0.1, 0.15) is 25.3 Å². The molecule has 0 amide bonds. The number of methoxy groups -OCH3 is 1. The fourth-order valence-corrected chi connectivity index (χ4v) is 5.09. The first-order chi connectivity index (χ1) is 17.4. The van der Waals surface area contributed by atoms with E-state index in [1.54, 1.807) is 0 Å². The summed E-state index contributed by atoms with van der Waals surface area (Å²) in [5.41, 5.74) is 6.47. The van der Waals surface area contributed by atoms with Crippen LogP contribution in [0.2, 0.25) is 0 Å². The van der Waals surface area contributed by atoms with Gasteiger partial charge in [-0.3, -0.25) is 18.7 Å². The largest absolute Gasteiger partial charge is 0.468 e. The summed E-state index contributed by atoms with van der Waals surface area (Å²) >= 11 is 0. The van der Waals surface area contributed by atoms with Crippen molar-refractivity contribution in [3.05, 3.63) is 68.9 Å². The summed E-state index contributed by atoms with van der Waals surface area (Å²) in [6, 6.07) is 13.6. The van der Waals surface area contributed by atoms with Gasteiger partial charge in [0.15, 0.2) is 11.2 Å². The normalized spacial score (nSPS) is 16.1. The van der Waals surface area contributed by atoms with Crippen LogP contribution in [0.3, 0.4) is 0 Å². The van der Waals surface area contributed by atoms with E-state index in [0.717, 1.165) is 35.7 Å². The number of piperidine rings is 1. The van der Waals surface area contributed by atoms with E-state index in [1.807, 2.05) is 54.0 Å². The molecule has 5 rings (SSSR count). The number of imidazole rings is 1. The zero-order valence-electron chi connectivity index (χ0n) is 20.5. The molecule has 0 bridgehead atoms. The van der Waals surface area contributed by atoms with Gasteiger partial charge in [0.05, 0.1) is 13.7 Å². The molecular formula is C26H30N6O4. The van der Waals surface area contributed by atoms with Crippen molar-refractivity contribution in [2.45, 2.75) is 45.4 Å². The lowest BCUT2D eigenvalue weighted by Gasteiger charge is -2.31. The second kappa shape index (κ2) is 9.62. The average Bonchev–Trinajstić information content (AvgIpc) is 3.29. The van der Waals surface area contributed by atoms with Crippen molar-refractivity contribution in [3.8, 4) is 0 Å². The molecule has 0 spiro atoms. The molecule has 0 aliphatic carbocycles. The quantitative estimate of drug-likeness (QED) is 0.409. The molecule has 2 aromatic heterocycles. The number of benzene rings is 2. The van der Waals surface area contributed by atoms with Crippen LogP contribution in [0.5, 0.6) is 0 Å². The molecule has 1 unspecified atom stereocenters. The number of fused-ring (bicyclic) bond motifs is 2. The number of esters is 1. The number of aromatic nitrogens is 4. The summed E-state index contributed by atoms with van der Waals surface area (Å²) in [6.07, 6.45) is 1.84. The van der Waals surface area contributed by atoms with Gasteiger partial charge < -0.3 is 19.9 Å². The van der Waals surface area contributed by atoms with Gasteiger partial charge in [0, 0.05) is 25.7 Å². The highest BCUT2D eigenvalue weighted by Gasteiger charge is 2.27. The number of rotatable bonds is 6. The van der Waals surface area contributed by atoms with Crippen LogP contribution in [0.25, 0.3) is 21.9 Å². The van der Waals surface area contributed by atoms with Crippen molar-refractivity contribution >= 4 is 33.9 Å². The Hall–Kier alpha value is -3.92. The van der Waals surface area contributed by atoms with Gasteiger partial charge >= 0.3 is 11.7 Å². The molecule has 1 fully saturated rings. The fraction of sp³-hybridized carbons (Fsp3) is 0.385. The molecule has 2 N–H and O–H groups in total. The van der Waals surface area contributed by atoms with Crippen LogP contribution in [0.15, 0.2) is 52.1 Å². The van der Waals surface area contributed by atoms with Gasteiger partial charge in [0.25, 0.3) is 5.56 Å². The van der Waals surface area contributed by atoms with Crippen molar-refractivity contribution in [2.75, 3.05) is 25.1 Å². The predicted octanol–water partition coefficient (Wildman–Crippen LogP) is 1.68. The lowest BCUT2D eigenvalue weighted by Crippen LogP contribution is -2.44. The summed E-state index contributed by atoms with van der Waals surface area (Å²) in [4.78, 5) is 46.6. The number of anilines is 1. The van der Waals surface area contributed by atoms with E-state index < -0.39 is 17.2 Å². The molecular weight excluding hydrogens is 460 g/mol. The summed E-state index contributed by atoms with van der Waals surface area (Å²) in [5.74, 6) is -0.0120. The van der Waals surface area contributed by atoms with E-state index in [-0.39, 0.29) is 30.3 Å². The van der Waals surface area contributed by atoms with Gasteiger partial charge in [-0.05, 0) is 36.1 Å². The third-order valence-electron chi connectivity index (χ3n) is 6.87. The van der Waals surface area contributed by atoms with Crippen molar-refractivity contribution in [1.82, 2.24) is 18.7 Å². The summed E-state index contributed by atoms with van der Waals surface area (Å²) in [6.45, 7) is 3.48. The van der Waals surface area contributed by atoms with E-state index in [9.17, 15) is 14.4 Å². The monoisotopic (exact) mass is 490 g/mol. The number of hydrogen-bond donors (Lipinski definition) is 1. The van der Waals surface area contributed by atoms with Crippen molar-refractivity contribution in [3.63, 3.8) is 0 Å². The van der Waals surface area contributed by atoms with E-state index in [0.29, 0.717) is 19.0 Å². The van der Waals surface area contributed by atoms with E-state index in [1.165, 1.54) is 16.2 Å². The molecule has 36 heavy (non-hydrogen) atoms. The SMILES string of the molecule is CCn1c(N2CCCC(N)C2)nc2c1c(=O)n(Cc1cccc3ccccc13)c(=O)n2CC(=O)OC. The first-order valence-corrected chi connectivity index (χ1v) is 12.2. The zero-order valence-corrected chi connectivity index (χ0v) is 20.5. The van der Waals surface area contributed by atoms with E-state index in [2.05, 4.69) is 4.90 Å². The lowest BCUT2D eigenvalue weighted by molar-refractivity contribution is -0.141. The van der Waals surface area contributed by atoms with Gasteiger partial charge in [-0.15, -0.1) is 0 Å². The summed E-state index contributed by atoms with van der Waals surface area (Å²) in [7, 11) is 1.27. The second-order valence-corrected chi connectivity index (χ2v) is 9.15. The Labute approximate surface area is 207 Å². The van der Waals surface area contributed by atoms with Crippen LogP contribution in [-0.4, -0.2) is 50.9 Å². The maximum absolute atomic E-state index is 13.9. The highest BCUT2D eigenvalue weighted by atomic mass is 16.5. The van der Waals surface area contributed by atoms with Gasteiger partial charge in [-0.1, -0.05) is 42.5 Å². The Balaban J connectivity index is 1.75. The molecule has 4 aromatic rings. The van der Waals surface area contributed by atoms with Crippen molar-refractivity contribution < 1.29 is 9.53 Å². The van der Waals surface area contributed by atoms with Crippen molar-refractivity contribution in [1.29, 1.82) is 0 Å². The average molecular weight is 491 g/mol. The minimum atomic E-state index is -0.603. The minimum Gasteiger partial charge on any atom is -0.468 e. The number of ether oxygens (including phenoxy) is 1. The number of carbonyl (C=O) groups excluding carboxylic acids is 1. The van der Waals surface area contributed by atoms with Crippen LogP contribution in [0.4, 0.5) is 5.95 Å². The van der Waals surface area contributed by atoms with Crippen molar-refractivity contribution in [2.24, 2.45) is 5.73 Å². The second-order valence-electron chi connectivity index (χ2n) is 9.15. The molecule has 1 aliphatic heterocycles. The molecule has 2 aromatic carbocycles. The molecule has 1 atom stereocenters. The number of carbonyl (C=O) groups is 1. The molecule has 1 saturated heterocycles. The van der Waals surface area contributed by atoms with Crippen LogP contribution in [-0.2, 0) is 29.2 Å². The van der Waals surface area contributed by atoms with Crippen LogP contribution < -0.4 is 21.9 Å². The predicted molar refractivity (Wildman–Crippen MR) is 138 cm³/mol. The van der Waals surface area contributed by atoms with Crippen LogP contribution >= 0.6 is 0 Å². The Morgan fingerprint density at radius 1 is 1.11 bits per heavy atom. The van der Waals surface area contributed by atoms with Gasteiger partial charge in [0.1, 0.15) is 6.54 Å². The van der Waals surface area contributed by atoms with Gasteiger partial charge in [-0.2, -0.15) is 4.98 Å². The number of nitrogens with zero attached hydrogens (tertiary/aromatic N) is 5. The highest BCUT2D eigenvalue weighted by Crippen LogP contribution is 2.24. The summed E-state index contributed by atoms with van der Waals surface area (Å²) < 4.78 is 9.10. The Kier molecular flexibility index (Phi) is 6.36. The molecule has 188 valence electrons. The zero-order chi connectivity index (χ0) is 25.4. The van der Waals surface area contributed by atoms with Gasteiger partial charge in [-0.25, -0.2) is 4.79 Å². The fourth-order valence-electron chi connectivity index (χ4n) is 5.09. The third kappa shape index (κ3) is 4.07. The number of aryl methyl sites for hydroxylation is 1. The Morgan fingerprint density at radius 3 is 2.64 bits per heavy atom. The molecule has 1 aliphatic rings. The molecule has 0 radical (unpaired) electrons. The lowest BCUT2D eigenvalue weighted by atomic mass is 10.0. The van der Waals surface area contributed by atoms with Gasteiger partial charge in [0.2, 0.25) is 5.95 Å². The number of nitrogens with two attached hydrogens (primary N) is 1. The van der Waals surface area contributed by atoms with Crippen LogP contribution in [0, 0.1) is 0 Å². The Morgan fingerprint density at radius 2 is 1.89 bits per heavy atom. The molecule has 10 heteroatoms. The Bertz CT molecular complexity index is 1560. The van der Waals surface area contributed by atoms with E-state index >= 15 is 0 Å². The summed E-state index contributed by atoms with van der Waals surface area (Å²) in [5, 5.41) is 1.97. The first-order valence-electron chi connectivity index (χ1n) is 12.2. The maximum Gasteiger partial charge on any atom is 0.333 e. The smallest absolute Gasteiger partial charge is 0.333 e.